The maximum atomic E-state index is 12.9. The molecule has 4 fully saturated rings. The van der Waals surface area contributed by atoms with Gasteiger partial charge >= 0.3 is 0 Å². The van der Waals surface area contributed by atoms with Crippen LogP contribution in [-0.2, 0) is 9.53 Å². The monoisotopic (exact) mass is 454 g/mol. The molecule has 0 heterocycles. The van der Waals surface area contributed by atoms with Gasteiger partial charge in [0.1, 0.15) is 5.78 Å². The molecule has 5 rings (SSSR count). The minimum atomic E-state index is -0.169. The van der Waals surface area contributed by atoms with Gasteiger partial charge in [0.25, 0.3) is 0 Å². The predicted molar refractivity (Wildman–Crippen MR) is 136 cm³/mol. The molecule has 0 aromatic carbocycles. The second-order valence-electron chi connectivity index (χ2n) is 14.9. The normalized spacial score (nSPS) is 50.7. The van der Waals surface area contributed by atoms with Gasteiger partial charge in [0.15, 0.2) is 0 Å². The molecule has 5 aliphatic rings. The molecule has 8 atom stereocenters. The molecule has 33 heavy (non-hydrogen) atoms. The van der Waals surface area contributed by atoms with E-state index in [1.165, 1.54) is 44.9 Å². The second-order valence-corrected chi connectivity index (χ2v) is 14.9. The summed E-state index contributed by atoms with van der Waals surface area (Å²) in [5, 5.41) is 0. The molecule has 0 aliphatic heterocycles. The van der Waals surface area contributed by atoms with Gasteiger partial charge in [-0.15, -0.1) is 0 Å². The van der Waals surface area contributed by atoms with Crippen LogP contribution in [0.25, 0.3) is 0 Å². The Labute approximate surface area is 203 Å². The number of carbonyl (C=O) groups is 1. The third kappa shape index (κ3) is 3.17. The average molecular weight is 455 g/mol. The van der Waals surface area contributed by atoms with Gasteiger partial charge in [0.05, 0.1) is 6.10 Å². The number of Topliss-reactive ketones (excluding diaryl/α,β-unsaturated/α-hetero) is 1. The number of carbonyl (C=O) groups excluding carboxylic acids is 1. The van der Waals surface area contributed by atoms with E-state index in [1.807, 2.05) is 7.11 Å². The van der Waals surface area contributed by atoms with Crippen molar-refractivity contribution in [3.63, 3.8) is 0 Å². The number of hydrogen-bond acceptors (Lipinski definition) is 2. The van der Waals surface area contributed by atoms with E-state index in [4.69, 9.17) is 4.74 Å². The molecule has 2 nitrogen and oxygen atoms in total. The average Bonchev–Trinajstić information content (AvgIpc) is 2.88. The fourth-order valence-corrected chi connectivity index (χ4v) is 11.2. The van der Waals surface area contributed by atoms with Crippen molar-refractivity contribution in [2.45, 2.75) is 119 Å². The number of fused-ring (bicyclic) bond motifs is 6. The maximum absolute atomic E-state index is 12.9. The summed E-state index contributed by atoms with van der Waals surface area (Å²) in [4.78, 5) is 12.9. The standard InChI is InChI=1S/C31H50O2/c1-27(2)22-11-9-20-19-29(5)16-13-23-28(3,4)26(33-8)15-18-31(23,7)24(29)12-10-21(20)30(22,6)17-14-25(27)32/h9,21-24,26H,10-19H2,1-8H3. The van der Waals surface area contributed by atoms with Crippen LogP contribution in [0, 0.1) is 50.7 Å². The first kappa shape index (κ1) is 24.1. The molecule has 0 saturated heterocycles. The lowest BCUT2D eigenvalue weighted by atomic mass is 9.42. The van der Waals surface area contributed by atoms with Gasteiger partial charge in [-0.25, -0.2) is 0 Å². The van der Waals surface area contributed by atoms with E-state index in [1.54, 1.807) is 5.57 Å². The fourth-order valence-electron chi connectivity index (χ4n) is 11.2. The largest absolute Gasteiger partial charge is 0.381 e. The zero-order chi connectivity index (χ0) is 24.0. The topological polar surface area (TPSA) is 26.3 Å². The zero-order valence-electron chi connectivity index (χ0n) is 22.9. The van der Waals surface area contributed by atoms with Crippen LogP contribution in [0.5, 0.6) is 0 Å². The first-order chi connectivity index (χ1) is 15.3. The number of methoxy groups -OCH3 is 1. The third-order valence-electron chi connectivity index (χ3n) is 12.9. The summed E-state index contributed by atoms with van der Waals surface area (Å²) in [6.07, 6.45) is 15.3. The van der Waals surface area contributed by atoms with Crippen molar-refractivity contribution >= 4 is 5.78 Å². The van der Waals surface area contributed by atoms with E-state index in [2.05, 4.69) is 54.5 Å². The molecule has 4 saturated carbocycles. The Morgan fingerprint density at radius 1 is 0.818 bits per heavy atom. The highest BCUT2D eigenvalue weighted by Crippen LogP contribution is 2.70. The molecule has 5 aliphatic carbocycles. The van der Waals surface area contributed by atoms with Crippen LogP contribution >= 0.6 is 0 Å². The molecule has 0 N–H and O–H groups in total. The molecule has 0 aromatic heterocycles. The lowest BCUT2D eigenvalue weighted by molar-refractivity contribution is -0.177. The van der Waals surface area contributed by atoms with Gasteiger partial charge in [0, 0.05) is 18.9 Å². The Morgan fingerprint density at radius 2 is 1.55 bits per heavy atom. The van der Waals surface area contributed by atoms with Crippen molar-refractivity contribution in [1.29, 1.82) is 0 Å². The number of hydrogen-bond donors (Lipinski definition) is 0. The van der Waals surface area contributed by atoms with Crippen LogP contribution in [0.2, 0.25) is 0 Å². The molecular weight excluding hydrogens is 404 g/mol. The van der Waals surface area contributed by atoms with Crippen molar-refractivity contribution in [3.8, 4) is 0 Å². The molecule has 0 amide bonds. The number of ketones is 1. The van der Waals surface area contributed by atoms with Crippen LogP contribution in [0.1, 0.15) is 113 Å². The Kier molecular flexibility index (Phi) is 5.43. The Balaban J connectivity index is 1.50. The molecule has 0 aromatic rings. The van der Waals surface area contributed by atoms with Gasteiger partial charge in [-0.05, 0) is 103 Å². The first-order valence-corrected chi connectivity index (χ1v) is 14.1. The van der Waals surface area contributed by atoms with Gasteiger partial charge in [0.2, 0.25) is 0 Å². The minimum Gasteiger partial charge on any atom is -0.381 e. The summed E-state index contributed by atoms with van der Waals surface area (Å²) in [7, 11) is 1.93. The highest BCUT2D eigenvalue weighted by atomic mass is 16.5. The van der Waals surface area contributed by atoms with E-state index >= 15 is 0 Å². The number of rotatable bonds is 1. The number of ether oxygens (including phenoxy) is 1. The van der Waals surface area contributed by atoms with E-state index < -0.39 is 0 Å². The van der Waals surface area contributed by atoms with Crippen LogP contribution in [0.15, 0.2) is 11.6 Å². The van der Waals surface area contributed by atoms with Crippen LogP contribution in [0.3, 0.4) is 0 Å². The zero-order valence-corrected chi connectivity index (χ0v) is 22.9. The van der Waals surface area contributed by atoms with Crippen molar-refractivity contribution in [1.82, 2.24) is 0 Å². The lowest BCUT2D eigenvalue weighted by Gasteiger charge is -2.64. The summed E-state index contributed by atoms with van der Waals surface area (Å²) in [5.41, 5.74) is 2.99. The van der Waals surface area contributed by atoms with Gasteiger partial charge in [-0.1, -0.05) is 60.1 Å². The van der Waals surface area contributed by atoms with Crippen molar-refractivity contribution in [2.24, 2.45) is 50.7 Å². The van der Waals surface area contributed by atoms with E-state index in [-0.39, 0.29) is 10.8 Å². The first-order valence-electron chi connectivity index (χ1n) is 14.1. The number of allylic oxidation sites excluding steroid dienone is 2. The van der Waals surface area contributed by atoms with E-state index in [0.717, 1.165) is 31.1 Å². The quantitative estimate of drug-likeness (QED) is 0.375. The molecule has 0 radical (unpaired) electrons. The molecule has 0 bridgehead atoms. The molecule has 2 heteroatoms. The Morgan fingerprint density at radius 3 is 2.24 bits per heavy atom. The van der Waals surface area contributed by atoms with Crippen molar-refractivity contribution in [2.75, 3.05) is 7.11 Å². The molecule has 186 valence electrons. The second kappa shape index (κ2) is 7.44. The smallest absolute Gasteiger partial charge is 0.138 e. The van der Waals surface area contributed by atoms with Gasteiger partial charge in [-0.3, -0.25) is 4.79 Å². The molecule has 0 spiro atoms. The lowest BCUT2D eigenvalue weighted by Crippen LogP contribution is -2.58. The van der Waals surface area contributed by atoms with Crippen LogP contribution < -0.4 is 0 Å². The fraction of sp³-hybridized carbons (Fsp3) is 0.903. The third-order valence-corrected chi connectivity index (χ3v) is 12.9. The minimum absolute atomic E-state index is 0.169. The summed E-state index contributed by atoms with van der Waals surface area (Å²) in [6, 6.07) is 0. The van der Waals surface area contributed by atoms with Crippen molar-refractivity contribution in [3.05, 3.63) is 11.6 Å². The van der Waals surface area contributed by atoms with Crippen LogP contribution in [-0.4, -0.2) is 19.0 Å². The van der Waals surface area contributed by atoms with Crippen molar-refractivity contribution < 1.29 is 9.53 Å². The molecule has 8 unspecified atom stereocenters. The summed E-state index contributed by atoms with van der Waals surface area (Å²) in [5.74, 6) is 3.24. The maximum Gasteiger partial charge on any atom is 0.138 e. The highest BCUT2D eigenvalue weighted by Gasteiger charge is 2.63. The highest BCUT2D eigenvalue weighted by molar-refractivity contribution is 5.85. The van der Waals surface area contributed by atoms with E-state index in [0.29, 0.717) is 40.0 Å². The summed E-state index contributed by atoms with van der Waals surface area (Å²) >= 11 is 0. The predicted octanol–water partition coefficient (Wildman–Crippen LogP) is 8.00. The Bertz CT molecular complexity index is 851. The van der Waals surface area contributed by atoms with E-state index in [9.17, 15) is 4.79 Å². The van der Waals surface area contributed by atoms with Crippen LogP contribution in [0.4, 0.5) is 0 Å². The van der Waals surface area contributed by atoms with Gasteiger partial charge < -0.3 is 4.74 Å². The SMILES string of the molecule is COC1CCC2(C)C3CCC4C(=CCC5C(C)(C)C(=O)CCC45C)CC3(C)CCC2C1(C)C. The summed E-state index contributed by atoms with van der Waals surface area (Å²) < 4.78 is 6.03. The Hall–Kier alpha value is -0.630. The summed E-state index contributed by atoms with van der Waals surface area (Å²) in [6.45, 7) is 17.4. The van der Waals surface area contributed by atoms with Gasteiger partial charge in [-0.2, -0.15) is 0 Å². The molecular formula is C31H50O2.